The van der Waals surface area contributed by atoms with Gasteiger partial charge in [-0.2, -0.15) is 0 Å². The number of rotatable bonds is 4. The van der Waals surface area contributed by atoms with Gasteiger partial charge in [0.25, 0.3) is 0 Å². The number of hydrogen-bond donors (Lipinski definition) is 3. The number of carboxylic acids is 1. The average Bonchev–Trinajstić information content (AvgIpc) is 2.97. The Bertz CT molecular complexity index is 371. The van der Waals surface area contributed by atoms with Crippen molar-refractivity contribution in [3.63, 3.8) is 0 Å². The molecular weight excluding hydrogens is 262 g/mol. The second kappa shape index (κ2) is 6.41. The van der Waals surface area contributed by atoms with Crippen molar-refractivity contribution in [3.8, 4) is 0 Å². The first-order chi connectivity index (χ1) is 9.47. The van der Waals surface area contributed by atoms with Crippen LogP contribution in [0, 0.1) is 0 Å². The number of carbonyl (C=O) groups is 2. The fourth-order valence-corrected chi connectivity index (χ4v) is 2.96. The van der Waals surface area contributed by atoms with Crippen LogP contribution in [-0.2, 0) is 4.79 Å². The first-order valence-corrected chi connectivity index (χ1v) is 7.17. The van der Waals surface area contributed by atoms with E-state index in [-0.39, 0.29) is 19.0 Å². The van der Waals surface area contributed by atoms with Crippen molar-refractivity contribution in [2.24, 2.45) is 0 Å². The van der Waals surface area contributed by atoms with Crippen LogP contribution in [0.1, 0.15) is 26.2 Å². The number of hydrogen-bond acceptors (Lipinski definition) is 4. The van der Waals surface area contributed by atoms with Gasteiger partial charge in [-0.05, 0) is 32.9 Å². The molecule has 2 aliphatic heterocycles. The standard InChI is InChI=1S/C13H23N3O4/c1-9(7-15-4-2-3-5-15)14-13(20)16-8-10(17)6-11(16)12(18)19/h9-11,17H,2-8H2,1H3,(H,14,20)(H,18,19)/t9?,10-,11+/m1/s1. The maximum Gasteiger partial charge on any atom is 0.326 e. The first kappa shape index (κ1) is 15.1. The highest BCUT2D eigenvalue weighted by molar-refractivity contribution is 5.83. The molecule has 0 saturated carbocycles. The van der Waals surface area contributed by atoms with E-state index >= 15 is 0 Å². The van der Waals surface area contributed by atoms with E-state index in [2.05, 4.69) is 10.2 Å². The molecular formula is C13H23N3O4. The second-order valence-electron chi connectivity index (χ2n) is 5.75. The lowest BCUT2D eigenvalue weighted by molar-refractivity contribution is -0.141. The number of β-amino-alcohol motifs (C(OH)–C–C–N with tert-alkyl or cyclic N) is 1. The van der Waals surface area contributed by atoms with Crippen LogP contribution in [0.5, 0.6) is 0 Å². The van der Waals surface area contributed by atoms with Crippen LogP contribution >= 0.6 is 0 Å². The number of aliphatic carboxylic acids is 1. The third-order valence-electron chi connectivity index (χ3n) is 3.93. The summed E-state index contributed by atoms with van der Waals surface area (Å²) < 4.78 is 0. The Balaban J connectivity index is 1.85. The number of carbonyl (C=O) groups excluding carboxylic acids is 1. The summed E-state index contributed by atoms with van der Waals surface area (Å²) in [6.45, 7) is 4.89. The van der Waals surface area contributed by atoms with Gasteiger partial charge in [0.2, 0.25) is 0 Å². The first-order valence-electron chi connectivity index (χ1n) is 7.17. The zero-order valence-corrected chi connectivity index (χ0v) is 11.8. The normalized spacial score (nSPS) is 28.6. The zero-order valence-electron chi connectivity index (χ0n) is 11.8. The van der Waals surface area contributed by atoms with Crippen molar-refractivity contribution in [2.45, 2.75) is 44.4 Å². The van der Waals surface area contributed by atoms with E-state index in [0.29, 0.717) is 0 Å². The Labute approximate surface area is 118 Å². The fourth-order valence-electron chi connectivity index (χ4n) is 2.96. The fraction of sp³-hybridized carbons (Fsp3) is 0.846. The third kappa shape index (κ3) is 3.61. The summed E-state index contributed by atoms with van der Waals surface area (Å²) in [5.74, 6) is -1.07. The molecule has 0 aromatic carbocycles. The number of aliphatic hydroxyl groups is 1. The minimum absolute atomic E-state index is 0.0345. The minimum atomic E-state index is -1.07. The maximum atomic E-state index is 12.1. The number of nitrogens with zero attached hydrogens (tertiary/aromatic N) is 2. The number of aliphatic hydroxyl groups excluding tert-OH is 1. The molecule has 3 N–H and O–H groups in total. The van der Waals surface area contributed by atoms with E-state index in [1.165, 1.54) is 17.7 Å². The number of nitrogens with one attached hydrogen (secondary N) is 1. The summed E-state index contributed by atoms with van der Waals surface area (Å²) in [5, 5.41) is 21.4. The molecule has 2 aliphatic rings. The van der Waals surface area contributed by atoms with Gasteiger partial charge < -0.3 is 25.3 Å². The van der Waals surface area contributed by atoms with Crippen LogP contribution in [0.15, 0.2) is 0 Å². The largest absolute Gasteiger partial charge is 0.480 e. The summed E-state index contributed by atoms with van der Waals surface area (Å²) in [5.41, 5.74) is 0. The lowest BCUT2D eigenvalue weighted by Crippen LogP contribution is -2.50. The highest BCUT2D eigenvalue weighted by atomic mass is 16.4. The summed E-state index contributed by atoms with van der Waals surface area (Å²) in [7, 11) is 0. The molecule has 0 aromatic rings. The van der Waals surface area contributed by atoms with Crippen LogP contribution in [0.3, 0.4) is 0 Å². The van der Waals surface area contributed by atoms with Crippen LogP contribution in [0.4, 0.5) is 4.79 Å². The Morgan fingerprint density at radius 1 is 1.35 bits per heavy atom. The Hall–Kier alpha value is -1.34. The molecule has 7 heteroatoms. The van der Waals surface area contributed by atoms with Crippen LogP contribution in [0.25, 0.3) is 0 Å². The number of carboxylic acid groups (broad SMARTS) is 1. The van der Waals surface area contributed by atoms with Crippen molar-refractivity contribution in [1.82, 2.24) is 15.1 Å². The van der Waals surface area contributed by atoms with Crippen molar-refractivity contribution in [1.29, 1.82) is 0 Å². The van der Waals surface area contributed by atoms with E-state index in [1.54, 1.807) is 0 Å². The van der Waals surface area contributed by atoms with E-state index < -0.39 is 24.1 Å². The lowest BCUT2D eigenvalue weighted by Gasteiger charge is -2.26. The van der Waals surface area contributed by atoms with E-state index in [9.17, 15) is 14.7 Å². The molecule has 3 atom stereocenters. The number of urea groups is 1. The highest BCUT2D eigenvalue weighted by Gasteiger charge is 2.39. The third-order valence-corrected chi connectivity index (χ3v) is 3.93. The van der Waals surface area contributed by atoms with E-state index in [4.69, 9.17) is 5.11 Å². The molecule has 2 amide bonds. The average molecular weight is 285 g/mol. The van der Waals surface area contributed by atoms with Gasteiger partial charge >= 0.3 is 12.0 Å². The minimum Gasteiger partial charge on any atom is -0.480 e. The molecule has 7 nitrogen and oxygen atoms in total. The van der Waals surface area contributed by atoms with Gasteiger partial charge in [-0.3, -0.25) is 0 Å². The Morgan fingerprint density at radius 2 is 2.00 bits per heavy atom. The Kier molecular flexibility index (Phi) is 4.82. The summed E-state index contributed by atoms with van der Waals surface area (Å²) in [4.78, 5) is 26.7. The highest BCUT2D eigenvalue weighted by Crippen LogP contribution is 2.18. The summed E-state index contributed by atoms with van der Waals surface area (Å²) >= 11 is 0. The maximum absolute atomic E-state index is 12.1. The van der Waals surface area contributed by atoms with Crippen LogP contribution in [-0.4, -0.2) is 76.4 Å². The molecule has 0 spiro atoms. The van der Waals surface area contributed by atoms with Gasteiger partial charge in [0.1, 0.15) is 6.04 Å². The van der Waals surface area contributed by atoms with Crippen molar-refractivity contribution in [3.05, 3.63) is 0 Å². The smallest absolute Gasteiger partial charge is 0.326 e. The van der Waals surface area contributed by atoms with Gasteiger partial charge in [0.05, 0.1) is 6.10 Å². The molecule has 114 valence electrons. The second-order valence-corrected chi connectivity index (χ2v) is 5.75. The molecule has 0 aliphatic carbocycles. The summed E-state index contributed by atoms with van der Waals surface area (Å²) in [6, 6.07) is -1.36. The van der Waals surface area contributed by atoms with Crippen LogP contribution < -0.4 is 5.32 Å². The van der Waals surface area contributed by atoms with Gasteiger partial charge in [0, 0.05) is 25.6 Å². The van der Waals surface area contributed by atoms with Crippen molar-refractivity contribution >= 4 is 12.0 Å². The molecule has 0 aromatic heterocycles. The predicted octanol–water partition coefficient (Wildman–Crippen LogP) is -0.300. The molecule has 2 fully saturated rings. The van der Waals surface area contributed by atoms with Crippen molar-refractivity contribution in [2.75, 3.05) is 26.2 Å². The molecule has 0 radical (unpaired) electrons. The number of likely N-dealkylation sites (tertiary alicyclic amines) is 2. The topological polar surface area (TPSA) is 93.1 Å². The molecule has 0 bridgehead atoms. The molecule has 2 heterocycles. The molecule has 2 saturated heterocycles. The van der Waals surface area contributed by atoms with Gasteiger partial charge in [-0.25, -0.2) is 9.59 Å². The quantitative estimate of drug-likeness (QED) is 0.659. The number of amides is 2. The lowest BCUT2D eigenvalue weighted by atomic mass is 10.2. The van der Waals surface area contributed by atoms with Crippen molar-refractivity contribution < 1.29 is 19.8 Å². The Morgan fingerprint density at radius 3 is 2.60 bits per heavy atom. The summed E-state index contributed by atoms with van der Waals surface area (Å²) in [6.07, 6.45) is 1.74. The molecule has 1 unspecified atom stereocenters. The molecule has 20 heavy (non-hydrogen) atoms. The van der Waals surface area contributed by atoms with Gasteiger partial charge in [-0.1, -0.05) is 0 Å². The predicted molar refractivity (Wildman–Crippen MR) is 72.4 cm³/mol. The molecule has 2 rings (SSSR count). The van der Waals surface area contributed by atoms with Gasteiger partial charge in [0.15, 0.2) is 0 Å². The van der Waals surface area contributed by atoms with E-state index in [1.807, 2.05) is 6.92 Å². The van der Waals surface area contributed by atoms with Gasteiger partial charge in [-0.15, -0.1) is 0 Å². The SMILES string of the molecule is CC(CN1CCCC1)NC(=O)N1C[C@H](O)C[C@H]1C(=O)O. The monoisotopic (exact) mass is 285 g/mol. The van der Waals surface area contributed by atoms with Crippen LogP contribution in [0.2, 0.25) is 0 Å². The van der Waals surface area contributed by atoms with E-state index in [0.717, 1.165) is 19.6 Å². The zero-order chi connectivity index (χ0) is 14.7.